The molecule has 0 amide bonds. The largest absolute Gasteiger partial charge is 0.464 e. The highest BCUT2D eigenvalue weighted by atomic mass is 35.5. The summed E-state index contributed by atoms with van der Waals surface area (Å²) in [6, 6.07) is 5.56. The van der Waals surface area contributed by atoms with Gasteiger partial charge in [0.25, 0.3) is 0 Å². The second-order valence-electron chi connectivity index (χ2n) is 4.33. The van der Waals surface area contributed by atoms with Gasteiger partial charge in [-0.25, -0.2) is 9.18 Å². The third-order valence-electron chi connectivity index (χ3n) is 2.66. The van der Waals surface area contributed by atoms with Crippen LogP contribution < -0.4 is 10.5 Å². The predicted molar refractivity (Wildman–Crippen MR) is 80.3 cm³/mol. The Bertz CT molecular complexity index is 744. The van der Waals surface area contributed by atoms with Crippen LogP contribution in [0.25, 0.3) is 0 Å². The number of aromatic nitrogens is 1. The lowest BCUT2D eigenvalue weighted by Crippen LogP contribution is -2.16. The standard InChI is InChI=1S/C14H10Cl2F2N2O3/c15-10-12(19)11(16)14(20-13(10)18)23-6-9(21)22-5-7-2-1-3-8(17)4-7/h1-4H,5-6H2,(H2,19,20). The zero-order chi connectivity index (χ0) is 17.0. The average Bonchev–Trinajstić information content (AvgIpc) is 2.53. The number of nitrogen functional groups attached to an aromatic ring is 1. The highest BCUT2D eigenvalue weighted by Gasteiger charge is 2.17. The Kier molecular flexibility index (Phi) is 5.57. The van der Waals surface area contributed by atoms with Crippen molar-refractivity contribution in [3.05, 3.63) is 51.6 Å². The van der Waals surface area contributed by atoms with Gasteiger partial charge in [0.1, 0.15) is 22.5 Å². The van der Waals surface area contributed by atoms with Crippen LogP contribution in [0.3, 0.4) is 0 Å². The van der Waals surface area contributed by atoms with E-state index in [-0.39, 0.29) is 23.2 Å². The molecule has 0 saturated heterocycles. The summed E-state index contributed by atoms with van der Waals surface area (Å²) >= 11 is 11.3. The number of nitrogens with zero attached hydrogens (tertiary/aromatic N) is 1. The number of ether oxygens (including phenoxy) is 2. The zero-order valence-corrected chi connectivity index (χ0v) is 13.0. The predicted octanol–water partition coefficient (Wildman–Crippen LogP) is 3.37. The fourth-order valence-corrected chi connectivity index (χ4v) is 1.94. The van der Waals surface area contributed by atoms with Crippen LogP contribution in [0.15, 0.2) is 24.3 Å². The van der Waals surface area contributed by atoms with E-state index in [1.807, 2.05) is 0 Å². The van der Waals surface area contributed by atoms with E-state index in [2.05, 4.69) is 4.98 Å². The van der Waals surface area contributed by atoms with Crippen LogP contribution in [0.4, 0.5) is 14.5 Å². The molecule has 0 spiro atoms. The number of anilines is 1. The van der Waals surface area contributed by atoms with Crippen LogP contribution in [-0.2, 0) is 16.1 Å². The van der Waals surface area contributed by atoms with Gasteiger partial charge in [-0.1, -0.05) is 35.3 Å². The van der Waals surface area contributed by atoms with Crippen molar-refractivity contribution in [2.24, 2.45) is 0 Å². The molecule has 122 valence electrons. The lowest BCUT2D eigenvalue weighted by atomic mass is 10.2. The molecule has 5 nitrogen and oxygen atoms in total. The van der Waals surface area contributed by atoms with Gasteiger partial charge in [0.2, 0.25) is 11.8 Å². The number of hydrogen-bond donors (Lipinski definition) is 1. The molecular weight excluding hydrogens is 353 g/mol. The molecule has 0 radical (unpaired) electrons. The number of halogens is 4. The maximum Gasteiger partial charge on any atom is 0.344 e. The maximum atomic E-state index is 13.3. The summed E-state index contributed by atoms with van der Waals surface area (Å²) in [6.07, 6.45) is 0. The van der Waals surface area contributed by atoms with E-state index in [1.54, 1.807) is 6.07 Å². The van der Waals surface area contributed by atoms with Crippen LogP contribution in [-0.4, -0.2) is 17.6 Å². The summed E-state index contributed by atoms with van der Waals surface area (Å²) in [5, 5.41) is -0.648. The zero-order valence-electron chi connectivity index (χ0n) is 11.5. The lowest BCUT2D eigenvalue weighted by Gasteiger charge is -2.10. The molecule has 0 saturated carbocycles. The van der Waals surface area contributed by atoms with Crippen molar-refractivity contribution in [3.63, 3.8) is 0 Å². The first kappa shape index (κ1) is 17.2. The van der Waals surface area contributed by atoms with Crippen LogP contribution in [0.2, 0.25) is 10.0 Å². The topological polar surface area (TPSA) is 74.4 Å². The van der Waals surface area contributed by atoms with Crippen LogP contribution in [0, 0.1) is 11.8 Å². The minimum absolute atomic E-state index is 0.141. The van der Waals surface area contributed by atoms with E-state index in [4.69, 9.17) is 38.4 Å². The number of rotatable bonds is 5. The quantitative estimate of drug-likeness (QED) is 0.651. The minimum Gasteiger partial charge on any atom is -0.464 e. The molecule has 0 fully saturated rings. The summed E-state index contributed by atoms with van der Waals surface area (Å²) in [5.41, 5.74) is 5.69. The van der Waals surface area contributed by atoms with Gasteiger partial charge in [-0.3, -0.25) is 0 Å². The monoisotopic (exact) mass is 362 g/mol. The Balaban J connectivity index is 1.92. The highest BCUT2D eigenvalue weighted by Crippen LogP contribution is 2.35. The Morgan fingerprint density at radius 1 is 1.26 bits per heavy atom. The van der Waals surface area contributed by atoms with E-state index in [0.29, 0.717) is 5.56 Å². The molecule has 2 rings (SSSR count). The first-order valence-corrected chi connectivity index (χ1v) is 6.97. The molecule has 1 heterocycles. The van der Waals surface area contributed by atoms with Crippen LogP contribution in [0.1, 0.15) is 5.56 Å². The first-order valence-electron chi connectivity index (χ1n) is 6.21. The Morgan fingerprint density at radius 2 is 2.00 bits per heavy atom. The second-order valence-corrected chi connectivity index (χ2v) is 5.08. The van der Waals surface area contributed by atoms with Crippen molar-refractivity contribution in [1.82, 2.24) is 4.98 Å². The first-order chi connectivity index (χ1) is 10.9. The molecule has 2 aromatic rings. The number of carbonyl (C=O) groups is 1. The molecule has 0 atom stereocenters. The van der Waals surface area contributed by atoms with Gasteiger partial charge >= 0.3 is 5.97 Å². The SMILES string of the molecule is Nc1c(Cl)c(F)nc(OCC(=O)OCc2cccc(F)c2)c1Cl. The van der Waals surface area contributed by atoms with Gasteiger partial charge in [-0.15, -0.1) is 0 Å². The molecule has 0 aliphatic rings. The summed E-state index contributed by atoms with van der Waals surface area (Å²) in [4.78, 5) is 14.9. The summed E-state index contributed by atoms with van der Waals surface area (Å²) in [6.45, 7) is -0.721. The number of carbonyl (C=O) groups excluding carboxylic acids is 1. The number of esters is 1. The van der Waals surface area contributed by atoms with E-state index >= 15 is 0 Å². The van der Waals surface area contributed by atoms with E-state index in [1.165, 1.54) is 18.2 Å². The van der Waals surface area contributed by atoms with Gasteiger partial charge in [0.05, 0.1) is 5.69 Å². The summed E-state index contributed by atoms with van der Waals surface area (Å²) < 4.78 is 36.1. The van der Waals surface area contributed by atoms with Gasteiger partial charge in [0.15, 0.2) is 6.61 Å². The Hall–Kier alpha value is -2.12. The van der Waals surface area contributed by atoms with Gasteiger partial charge < -0.3 is 15.2 Å². The lowest BCUT2D eigenvalue weighted by molar-refractivity contribution is -0.147. The number of benzene rings is 1. The molecule has 2 N–H and O–H groups in total. The Labute approximate surface area is 139 Å². The molecule has 0 bridgehead atoms. The smallest absolute Gasteiger partial charge is 0.344 e. The van der Waals surface area contributed by atoms with Crippen molar-refractivity contribution >= 4 is 34.9 Å². The molecule has 0 aliphatic heterocycles. The van der Waals surface area contributed by atoms with Crippen LogP contribution >= 0.6 is 23.2 Å². The third-order valence-corrected chi connectivity index (χ3v) is 3.38. The molecular formula is C14H10Cl2F2N2O3. The van der Waals surface area contributed by atoms with Gasteiger partial charge in [-0.2, -0.15) is 9.37 Å². The Morgan fingerprint density at radius 3 is 2.70 bits per heavy atom. The van der Waals surface area contributed by atoms with Gasteiger partial charge in [0, 0.05) is 0 Å². The van der Waals surface area contributed by atoms with E-state index in [0.717, 1.165) is 0 Å². The number of nitrogens with two attached hydrogens (primary N) is 1. The fourth-order valence-electron chi connectivity index (χ4n) is 1.57. The van der Waals surface area contributed by atoms with Crippen molar-refractivity contribution in [2.75, 3.05) is 12.3 Å². The summed E-state index contributed by atoms with van der Waals surface area (Å²) in [7, 11) is 0. The molecule has 1 aromatic heterocycles. The third kappa shape index (κ3) is 4.43. The molecule has 9 heteroatoms. The maximum absolute atomic E-state index is 13.3. The molecule has 0 aliphatic carbocycles. The van der Waals surface area contributed by atoms with Gasteiger partial charge in [-0.05, 0) is 17.7 Å². The number of pyridine rings is 1. The summed E-state index contributed by atoms with van der Waals surface area (Å²) in [5.74, 6) is -2.68. The van der Waals surface area contributed by atoms with Crippen molar-refractivity contribution in [1.29, 1.82) is 0 Å². The average molecular weight is 363 g/mol. The molecule has 1 aromatic carbocycles. The van der Waals surface area contributed by atoms with E-state index < -0.39 is 29.4 Å². The normalized spacial score (nSPS) is 10.4. The number of hydrogen-bond acceptors (Lipinski definition) is 5. The molecule has 23 heavy (non-hydrogen) atoms. The fraction of sp³-hybridized carbons (Fsp3) is 0.143. The second kappa shape index (κ2) is 7.43. The highest BCUT2D eigenvalue weighted by molar-refractivity contribution is 6.39. The van der Waals surface area contributed by atoms with Crippen molar-refractivity contribution in [2.45, 2.75) is 6.61 Å². The molecule has 0 unspecified atom stereocenters. The van der Waals surface area contributed by atoms with Crippen molar-refractivity contribution < 1.29 is 23.0 Å². The van der Waals surface area contributed by atoms with Crippen LogP contribution in [0.5, 0.6) is 5.88 Å². The minimum atomic E-state index is -1.07. The van der Waals surface area contributed by atoms with Crippen molar-refractivity contribution in [3.8, 4) is 5.88 Å². The van der Waals surface area contributed by atoms with E-state index in [9.17, 15) is 13.6 Å².